The van der Waals surface area contributed by atoms with Crippen LogP contribution in [0.5, 0.6) is 0 Å². The van der Waals surface area contributed by atoms with E-state index in [1.165, 1.54) is 0 Å². The number of benzene rings is 1. The van der Waals surface area contributed by atoms with Gasteiger partial charge < -0.3 is 0 Å². The normalized spacial score (nSPS) is 16.1. The molecule has 8 heteroatoms. The number of hydrogen-bond acceptors (Lipinski definition) is 3. The first-order valence-electron chi connectivity index (χ1n) is 7.14. The van der Waals surface area contributed by atoms with E-state index in [-0.39, 0.29) is 11.4 Å². The van der Waals surface area contributed by atoms with Gasteiger partial charge in [-0.15, -0.1) is 0 Å². The van der Waals surface area contributed by atoms with Crippen LogP contribution < -0.4 is 4.72 Å². The van der Waals surface area contributed by atoms with Crippen molar-refractivity contribution in [3.63, 3.8) is 0 Å². The van der Waals surface area contributed by atoms with Gasteiger partial charge in [0.2, 0.25) is 10.0 Å². The van der Waals surface area contributed by atoms with E-state index in [0.717, 1.165) is 50.2 Å². The first-order chi connectivity index (χ1) is 10.8. The molecule has 1 aromatic carbocycles. The number of hydrogen-bond donors (Lipinski definition) is 1. The van der Waals surface area contributed by atoms with E-state index in [4.69, 9.17) is 0 Å². The third kappa shape index (κ3) is 5.23. The van der Waals surface area contributed by atoms with Gasteiger partial charge in [0, 0.05) is 0 Å². The van der Waals surface area contributed by atoms with Crippen LogP contribution in [0.25, 0.3) is 0 Å². The van der Waals surface area contributed by atoms with E-state index >= 15 is 0 Å². The summed E-state index contributed by atoms with van der Waals surface area (Å²) in [7, 11) is -3.86. The third-order valence-corrected chi connectivity index (χ3v) is 4.89. The smallest absolute Gasteiger partial charge is 0.292 e. The molecule has 0 amide bonds. The fourth-order valence-corrected chi connectivity index (χ4v) is 3.13. The summed E-state index contributed by atoms with van der Waals surface area (Å²) < 4.78 is 63.5. The molecule has 1 N–H and O–H groups in total. The number of rotatable bonds is 4. The molecule has 1 aliphatic heterocycles. The molecule has 4 nitrogen and oxygen atoms in total. The van der Waals surface area contributed by atoms with Gasteiger partial charge >= 0.3 is 6.18 Å². The summed E-state index contributed by atoms with van der Waals surface area (Å²) in [6.07, 6.45) is -2.18. The maximum Gasteiger partial charge on any atom is 0.416 e. The lowest BCUT2D eigenvalue weighted by molar-refractivity contribution is -0.137. The third-order valence-electron chi connectivity index (χ3n) is 3.47. The van der Waals surface area contributed by atoms with Gasteiger partial charge in [-0.2, -0.15) is 17.9 Å². The molecule has 0 bridgehead atoms. The highest BCUT2D eigenvalue weighted by Gasteiger charge is 2.30. The first-order valence-corrected chi connectivity index (χ1v) is 8.62. The van der Waals surface area contributed by atoms with Crippen LogP contribution in [-0.2, 0) is 16.2 Å². The molecular weight excluding hydrogens is 329 g/mol. The minimum atomic E-state index is -4.49. The Hall–Kier alpha value is -1.56. The van der Waals surface area contributed by atoms with Crippen LogP contribution >= 0.6 is 0 Å². The first kappa shape index (κ1) is 17.8. The highest BCUT2D eigenvalue weighted by molar-refractivity contribution is 7.89. The van der Waals surface area contributed by atoms with Crippen LogP contribution in [-0.4, -0.2) is 39.5 Å². The van der Waals surface area contributed by atoms with Crippen LogP contribution in [0, 0.1) is 11.8 Å². The van der Waals surface area contributed by atoms with Gasteiger partial charge in [-0.25, -0.2) is 8.42 Å². The predicted octanol–water partition coefficient (Wildman–Crippen LogP) is 2.08. The number of nitrogens with zero attached hydrogens (tertiary/aromatic N) is 1. The summed E-state index contributed by atoms with van der Waals surface area (Å²) in [6, 6.07) is 3.35. The SMILES string of the molecule is O=S(=O)(NCC#CCN1CCCC1)c1ccc(C(F)(F)F)cc1. The fraction of sp³-hybridized carbons (Fsp3) is 0.467. The van der Waals surface area contributed by atoms with Gasteiger partial charge in [0.1, 0.15) is 0 Å². The quantitative estimate of drug-likeness (QED) is 0.850. The molecule has 1 aliphatic rings. The number of nitrogens with one attached hydrogen (secondary N) is 1. The van der Waals surface area contributed by atoms with Crippen molar-refractivity contribution in [2.45, 2.75) is 23.9 Å². The zero-order valence-corrected chi connectivity index (χ0v) is 13.2. The standard InChI is InChI=1S/C15H17F3N2O2S/c16-15(17,18)13-5-7-14(8-6-13)23(21,22)19-9-1-2-10-20-11-3-4-12-20/h5-8,19H,3-4,9-12H2. The van der Waals surface area contributed by atoms with Gasteiger partial charge in [-0.1, -0.05) is 11.8 Å². The van der Waals surface area contributed by atoms with E-state index in [1.54, 1.807) is 0 Å². The lowest BCUT2D eigenvalue weighted by atomic mass is 10.2. The second-order valence-corrected chi connectivity index (χ2v) is 6.95. The summed E-state index contributed by atoms with van der Waals surface area (Å²) in [4.78, 5) is 1.96. The summed E-state index contributed by atoms with van der Waals surface area (Å²) in [5.74, 6) is 5.59. The Labute approximate surface area is 133 Å². The van der Waals surface area contributed by atoms with E-state index in [9.17, 15) is 21.6 Å². The lowest BCUT2D eigenvalue weighted by Gasteiger charge is -2.09. The summed E-state index contributed by atoms with van der Waals surface area (Å²) in [6.45, 7) is 2.54. The molecule has 1 saturated heterocycles. The lowest BCUT2D eigenvalue weighted by Crippen LogP contribution is -2.24. The molecule has 0 spiro atoms. The Balaban J connectivity index is 1.90. The maximum atomic E-state index is 12.4. The Morgan fingerprint density at radius 3 is 2.26 bits per heavy atom. The molecule has 2 rings (SSSR count). The second-order valence-electron chi connectivity index (χ2n) is 5.18. The van der Waals surface area contributed by atoms with Crippen LogP contribution in [0.3, 0.4) is 0 Å². The van der Waals surface area contributed by atoms with Gasteiger partial charge in [-0.3, -0.25) is 4.90 Å². The second kappa shape index (κ2) is 7.34. The molecule has 1 heterocycles. The van der Waals surface area contributed by atoms with E-state index in [2.05, 4.69) is 21.5 Å². The van der Waals surface area contributed by atoms with E-state index in [1.807, 2.05) is 0 Å². The molecule has 126 valence electrons. The minimum absolute atomic E-state index is 0.0722. The monoisotopic (exact) mass is 346 g/mol. The summed E-state index contributed by atoms with van der Waals surface area (Å²) in [5, 5.41) is 0. The van der Waals surface area contributed by atoms with Crippen molar-refractivity contribution in [1.29, 1.82) is 0 Å². The molecular formula is C15H17F3N2O2S. The number of likely N-dealkylation sites (tertiary alicyclic amines) is 1. The van der Waals surface area contributed by atoms with Crippen molar-refractivity contribution in [1.82, 2.24) is 9.62 Å². The van der Waals surface area contributed by atoms with Crippen molar-refractivity contribution in [2.75, 3.05) is 26.2 Å². The molecule has 0 radical (unpaired) electrons. The topological polar surface area (TPSA) is 49.4 Å². The fourth-order valence-electron chi connectivity index (χ4n) is 2.21. The van der Waals surface area contributed by atoms with Crippen molar-refractivity contribution in [3.05, 3.63) is 29.8 Å². The van der Waals surface area contributed by atoms with Gasteiger partial charge in [0.15, 0.2) is 0 Å². The molecule has 0 saturated carbocycles. The molecule has 23 heavy (non-hydrogen) atoms. The van der Waals surface area contributed by atoms with Gasteiger partial charge in [-0.05, 0) is 50.2 Å². The molecule has 0 aliphatic carbocycles. The molecule has 0 atom stereocenters. The van der Waals surface area contributed by atoms with Crippen molar-refractivity contribution in [2.24, 2.45) is 0 Å². The molecule has 1 fully saturated rings. The summed E-state index contributed by atoms with van der Waals surface area (Å²) >= 11 is 0. The number of alkyl halides is 3. The Bertz CT molecular complexity index is 682. The van der Waals surface area contributed by atoms with Gasteiger partial charge in [0.25, 0.3) is 0 Å². The number of sulfonamides is 1. The maximum absolute atomic E-state index is 12.4. The highest BCUT2D eigenvalue weighted by Crippen LogP contribution is 2.29. The minimum Gasteiger partial charge on any atom is -0.292 e. The van der Waals surface area contributed by atoms with Crippen LogP contribution in [0.4, 0.5) is 13.2 Å². The van der Waals surface area contributed by atoms with Crippen molar-refractivity contribution < 1.29 is 21.6 Å². The van der Waals surface area contributed by atoms with Crippen LogP contribution in [0.15, 0.2) is 29.2 Å². The zero-order chi connectivity index (χ0) is 16.9. The molecule has 0 unspecified atom stereocenters. The zero-order valence-electron chi connectivity index (χ0n) is 12.4. The Morgan fingerprint density at radius 2 is 1.70 bits per heavy atom. The van der Waals surface area contributed by atoms with Crippen molar-refractivity contribution >= 4 is 10.0 Å². The van der Waals surface area contributed by atoms with Crippen LogP contribution in [0.2, 0.25) is 0 Å². The average Bonchev–Trinajstić information content (AvgIpc) is 2.99. The van der Waals surface area contributed by atoms with E-state index in [0.29, 0.717) is 6.54 Å². The summed E-state index contributed by atoms with van der Waals surface area (Å²) in [5.41, 5.74) is -0.887. The Kier molecular flexibility index (Phi) is 5.68. The van der Waals surface area contributed by atoms with Crippen molar-refractivity contribution in [3.8, 4) is 11.8 Å². The average molecular weight is 346 g/mol. The predicted molar refractivity (Wildman–Crippen MR) is 80.1 cm³/mol. The number of halogens is 3. The van der Waals surface area contributed by atoms with Gasteiger partial charge in [0.05, 0.1) is 23.5 Å². The largest absolute Gasteiger partial charge is 0.416 e. The Morgan fingerprint density at radius 1 is 1.09 bits per heavy atom. The van der Waals surface area contributed by atoms with Crippen LogP contribution in [0.1, 0.15) is 18.4 Å². The molecule has 1 aromatic rings. The molecule has 0 aromatic heterocycles. The van der Waals surface area contributed by atoms with E-state index < -0.39 is 21.8 Å². The highest BCUT2D eigenvalue weighted by atomic mass is 32.2.